The Labute approximate surface area is 104 Å². The predicted octanol–water partition coefficient (Wildman–Crippen LogP) is -0.766. The van der Waals surface area contributed by atoms with Crippen molar-refractivity contribution in [3.8, 4) is 0 Å². The first-order valence-electron chi connectivity index (χ1n) is 5.68. The van der Waals surface area contributed by atoms with Gasteiger partial charge >= 0.3 is 0 Å². The highest BCUT2D eigenvalue weighted by Crippen LogP contribution is 2.09. The Balaban J connectivity index is 1.96. The lowest BCUT2D eigenvalue weighted by molar-refractivity contribution is -0.128. The molecule has 0 aromatic heterocycles. The number of hydrogen-bond acceptors (Lipinski definition) is 4. The third-order valence-corrected chi connectivity index (χ3v) is 2.76. The lowest BCUT2D eigenvalue weighted by atomic mass is 10.0. The summed E-state index contributed by atoms with van der Waals surface area (Å²) in [4.78, 5) is 27.7. The summed E-state index contributed by atoms with van der Waals surface area (Å²) in [5.41, 5.74) is 9.59. The smallest absolute Gasteiger partial charge is 0.268 e. The molecule has 0 spiro atoms. The van der Waals surface area contributed by atoms with Gasteiger partial charge in [0.1, 0.15) is 12.6 Å². The minimum atomic E-state index is -0.609. The predicted molar refractivity (Wildman–Crippen MR) is 64.1 cm³/mol. The van der Waals surface area contributed by atoms with Crippen LogP contribution in [0.2, 0.25) is 0 Å². The molecule has 0 unspecified atom stereocenters. The second-order valence-electron chi connectivity index (χ2n) is 4.05. The van der Waals surface area contributed by atoms with Gasteiger partial charge in [-0.2, -0.15) is 0 Å². The molecule has 1 aliphatic rings. The number of carbonyl (C=O) groups is 2. The second-order valence-corrected chi connectivity index (χ2v) is 4.05. The van der Waals surface area contributed by atoms with Gasteiger partial charge in [0.05, 0.1) is 6.42 Å². The maximum atomic E-state index is 11.8. The summed E-state index contributed by atoms with van der Waals surface area (Å²) in [5, 5.41) is 2.61. The summed E-state index contributed by atoms with van der Waals surface area (Å²) < 4.78 is 0. The fraction of sp³-hybridized carbons (Fsp3) is 0.333. The second kappa shape index (κ2) is 5.61. The Morgan fingerprint density at radius 2 is 2.17 bits per heavy atom. The molecule has 18 heavy (non-hydrogen) atoms. The molecule has 1 aromatic rings. The summed E-state index contributed by atoms with van der Waals surface area (Å²) in [6.45, 7) is 0.541. The molecule has 2 amide bonds. The van der Waals surface area contributed by atoms with Gasteiger partial charge < -0.3 is 11.1 Å². The molecule has 96 valence electrons. The van der Waals surface area contributed by atoms with Crippen molar-refractivity contribution in [2.45, 2.75) is 19.0 Å². The first kappa shape index (κ1) is 12.5. The van der Waals surface area contributed by atoms with E-state index in [1.165, 1.54) is 0 Å². The van der Waals surface area contributed by atoms with Crippen LogP contribution in [0.1, 0.15) is 11.1 Å². The molecule has 0 saturated carbocycles. The number of hydrogen-bond donors (Lipinski definition) is 3. The summed E-state index contributed by atoms with van der Waals surface area (Å²) in [7, 11) is 0. The van der Waals surface area contributed by atoms with Crippen LogP contribution in [-0.4, -0.2) is 24.5 Å². The van der Waals surface area contributed by atoms with Gasteiger partial charge in [0.25, 0.3) is 5.91 Å². The fourth-order valence-electron chi connectivity index (χ4n) is 1.80. The van der Waals surface area contributed by atoms with Crippen LogP contribution in [0.5, 0.6) is 0 Å². The molecular formula is C12H15N3O3. The normalized spacial score (nSPS) is 18.5. The molecule has 2 rings (SSSR count). The van der Waals surface area contributed by atoms with E-state index in [4.69, 9.17) is 10.6 Å². The van der Waals surface area contributed by atoms with Gasteiger partial charge in [0.2, 0.25) is 5.91 Å². The molecule has 1 aliphatic heterocycles. The summed E-state index contributed by atoms with van der Waals surface area (Å²) >= 11 is 0. The first-order valence-corrected chi connectivity index (χ1v) is 5.68. The Bertz CT molecular complexity index is 462. The molecule has 1 saturated heterocycles. The summed E-state index contributed by atoms with van der Waals surface area (Å²) in [6.07, 6.45) is 0.206. The van der Waals surface area contributed by atoms with Crippen LogP contribution in [-0.2, 0) is 27.4 Å². The van der Waals surface area contributed by atoms with Gasteiger partial charge in [-0.25, -0.2) is 5.48 Å². The molecule has 0 bridgehead atoms. The lowest BCUT2D eigenvalue weighted by Gasteiger charge is -2.10. The van der Waals surface area contributed by atoms with Gasteiger partial charge in [0.15, 0.2) is 0 Å². The first-order chi connectivity index (χ1) is 8.70. The molecule has 6 nitrogen and oxygen atoms in total. The molecule has 1 atom stereocenters. The van der Waals surface area contributed by atoms with E-state index < -0.39 is 6.04 Å². The number of carbonyl (C=O) groups excluding carboxylic acids is 2. The topological polar surface area (TPSA) is 93.5 Å². The maximum absolute atomic E-state index is 11.8. The fourth-order valence-corrected chi connectivity index (χ4v) is 1.80. The van der Waals surface area contributed by atoms with Crippen molar-refractivity contribution < 1.29 is 14.4 Å². The minimum Gasteiger partial charge on any atom is -0.342 e. The van der Waals surface area contributed by atoms with Crippen LogP contribution in [0.4, 0.5) is 0 Å². The molecule has 6 heteroatoms. The zero-order valence-corrected chi connectivity index (χ0v) is 9.81. The number of rotatable bonds is 4. The molecule has 0 radical (unpaired) electrons. The number of hydroxylamine groups is 1. The van der Waals surface area contributed by atoms with E-state index in [9.17, 15) is 9.59 Å². The molecule has 0 aliphatic carbocycles. The van der Waals surface area contributed by atoms with Crippen molar-refractivity contribution in [1.29, 1.82) is 0 Å². The molecule has 1 heterocycles. The van der Waals surface area contributed by atoms with Gasteiger partial charge in [0, 0.05) is 6.54 Å². The number of benzene rings is 1. The van der Waals surface area contributed by atoms with E-state index in [0.29, 0.717) is 6.54 Å². The van der Waals surface area contributed by atoms with E-state index in [1.807, 2.05) is 24.3 Å². The Morgan fingerprint density at radius 1 is 1.44 bits per heavy atom. The van der Waals surface area contributed by atoms with Crippen molar-refractivity contribution in [3.05, 3.63) is 35.4 Å². The molecular weight excluding hydrogens is 234 g/mol. The van der Waals surface area contributed by atoms with Gasteiger partial charge in [-0.3, -0.25) is 14.4 Å². The van der Waals surface area contributed by atoms with Crippen LogP contribution in [0, 0.1) is 0 Å². The average molecular weight is 249 g/mol. The van der Waals surface area contributed by atoms with Crippen LogP contribution >= 0.6 is 0 Å². The van der Waals surface area contributed by atoms with E-state index in [2.05, 4.69) is 10.8 Å². The van der Waals surface area contributed by atoms with Gasteiger partial charge in [-0.1, -0.05) is 24.3 Å². The molecule has 1 fully saturated rings. The van der Waals surface area contributed by atoms with E-state index in [1.54, 1.807) is 0 Å². The highest BCUT2D eigenvalue weighted by Gasteiger charge is 2.26. The third-order valence-electron chi connectivity index (χ3n) is 2.76. The van der Waals surface area contributed by atoms with Gasteiger partial charge in [-0.15, -0.1) is 0 Å². The highest BCUT2D eigenvalue weighted by molar-refractivity contribution is 5.88. The Kier molecular flexibility index (Phi) is 3.91. The van der Waals surface area contributed by atoms with Crippen molar-refractivity contribution in [2.24, 2.45) is 5.73 Å². The monoisotopic (exact) mass is 249 g/mol. The Morgan fingerprint density at radius 3 is 2.78 bits per heavy atom. The van der Waals surface area contributed by atoms with Crippen molar-refractivity contribution in [1.82, 2.24) is 10.8 Å². The number of amides is 2. The maximum Gasteiger partial charge on any atom is 0.268 e. The summed E-state index contributed by atoms with van der Waals surface area (Å²) in [6, 6.07) is 6.86. The van der Waals surface area contributed by atoms with Crippen molar-refractivity contribution in [2.75, 3.05) is 6.61 Å². The highest BCUT2D eigenvalue weighted by atomic mass is 16.7. The van der Waals surface area contributed by atoms with E-state index in [0.717, 1.165) is 11.1 Å². The number of nitrogens with one attached hydrogen (secondary N) is 2. The average Bonchev–Trinajstić information content (AvgIpc) is 2.75. The quantitative estimate of drug-likeness (QED) is 0.653. The zero-order valence-electron chi connectivity index (χ0n) is 9.81. The number of nitrogens with two attached hydrogens (primary N) is 1. The van der Waals surface area contributed by atoms with Gasteiger partial charge in [-0.05, 0) is 11.1 Å². The summed E-state index contributed by atoms with van der Waals surface area (Å²) in [5.74, 6) is -0.544. The Hall–Kier alpha value is -1.92. The zero-order chi connectivity index (χ0) is 13.0. The third kappa shape index (κ3) is 2.85. The van der Waals surface area contributed by atoms with E-state index in [-0.39, 0.29) is 24.8 Å². The van der Waals surface area contributed by atoms with Crippen LogP contribution in [0.15, 0.2) is 24.3 Å². The minimum absolute atomic E-state index is 0.156. The lowest BCUT2D eigenvalue weighted by Crippen LogP contribution is -2.42. The standard InChI is InChI=1S/C12H15N3O3/c13-6-9-4-2-1-3-8(9)5-11(16)14-10-7-18-15-12(10)17/h1-4,10H,5-7,13H2,(H,14,16)(H,15,17)/t10-/m1/s1. The molecule has 4 N–H and O–H groups in total. The largest absolute Gasteiger partial charge is 0.342 e. The van der Waals surface area contributed by atoms with Crippen LogP contribution in [0.3, 0.4) is 0 Å². The SMILES string of the molecule is NCc1ccccc1CC(=O)N[C@@H]1CONC1=O. The van der Waals surface area contributed by atoms with Crippen molar-refractivity contribution >= 4 is 11.8 Å². The van der Waals surface area contributed by atoms with Crippen LogP contribution < -0.4 is 16.5 Å². The van der Waals surface area contributed by atoms with E-state index >= 15 is 0 Å². The van der Waals surface area contributed by atoms with Crippen molar-refractivity contribution in [3.63, 3.8) is 0 Å². The van der Waals surface area contributed by atoms with Crippen LogP contribution in [0.25, 0.3) is 0 Å². The molecule has 1 aromatic carbocycles.